The minimum absolute atomic E-state index is 0.300. The van der Waals surface area contributed by atoms with Crippen molar-refractivity contribution in [1.29, 1.82) is 0 Å². The molecule has 7 rings (SSSR count). The zero-order chi connectivity index (χ0) is 38.4. The van der Waals surface area contributed by atoms with Gasteiger partial charge in [-0.15, -0.1) is 0 Å². The van der Waals surface area contributed by atoms with E-state index in [1.54, 1.807) is 0 Å². The van der Waals surface area contributed by atoms with Crippen LogP contribution in [0.15, 0.2) is 145 Å². The van der Waals surface area contributed by atoms with Crippen molar-refractivity contribution in [2.24, 2.45) is 0 Å². The molecule has 0 aromatic heterocycles. The molecule has 9 heteroatoms. The van der Waals surface area contributed by atoms with E-state index in [0.717, 1.165) is 27.8 Å². The Bertz CT molecular complexity index is 1710. The van der Waals surface area contributed by atoms with Gasteiger partial charge in [-0.25, -0.2) is 0 Å². The first-order valence-electron chi connectivity index (χ1n) is 19.2. The van der Waals surface area contributed by atoms with Crippen molar-refractivity contribution in [3.8, 4) is 0 Å². The van der Waals surface area contributed by atoms with Crippen LogP contribution in [0.1, 0.15) is 91.0 Å². The van der Waals surface area contributed by atoms with E-state index in [1.807, 2.05) is 24.3 Å². The van der Waals surface area contributed by atoms with E-state index in [1.165, 1.54) is 0 Å². The molecule has 278 valence electrons. The highest BCUT2D eigenvalue weighted by Crippen LogP contribution is 2.59. The Morgan fingerprint density at radius 2 is 0.778 bits per heavy atom. The molecule has 0 amide bonds. The first kappa shape index (κ1) is 38.6. The van der Waals surface area contributed by atoms with E-state index >= 15 is 0 Å². The summed E-state index contributed by atoms with van der Waals surface area (Å²) in [6, 6.07) is 41.9. The first-order valence-corrected chi connectivity index (χ1v) is 19.2. The average Bonchev–Trinajstić information content (AvgIpc) is 3.69. The maximum Gasteiger partial charge on any atom is 0.488 e. The summed E-state index contributed by atoms with van der Waals surface area (Å²) in [5.41, 5.74) is 0.773. The van der Waals surface area contributed by atoms with E-state index < -0.39 is 55.0 Å². The number of rotatable bonds is 10. The van der Waals surface area contributed by atoms with Crippen molar-refractivity contribution in [2.45, 2.75) is 108 Å². The molecule has 3 aliphatic rings. The smallest absolute Gasteiger partial charge is 0.403 e. The fraction of sp³-hybridized carbons (Fsp3) is 0.378. The van der Waals surface area contributed by atoms with E-state index in [-0.39, 0.29) is 5.72 Å². The van der Waals surface area contributed by atoms with Crippen LogP contribution in [0.3, 0.4) is 0 Å². The Labute approximate surface area is 323 Å². The molecule has 54 heavy (non-hydrogen) atoms. The molecule has 3 fully saturated rings. The molecule has 0 saturated carbocycles. The predicted molar refractivity (Wildman–Crippen MR) is 219 cm³/mol. The molecule has 3 aliphatic heterocycles. The lowest BCUT2D eigenvalue weighted by Gasteiger charge is -2.46. The highest BCUT2D eigenvalue weighted by atomic mass is 16.7. The second-order valence-corrected chi connectivity index (χ2v) is 16.9. The normalized spacial score (nSPS) is 22.4. The van der Waals surface area contributed by atoms with Crippen LogP contribution < -0.4 is 0 Å². The Balaban J connectivity index is 1.27. The van der Waals surface area contributed by atoms with Crippen LogP contribution in [0.5, 0.6) is 0 Å². The van der Waals surface area contributed by atoms with Crippen molar-refractivity contribution in [3.63, 3.8) is 0 Å². The molecule has 0 aliphatic carbocycles. The molecule has 6 nitrogen and oxygen atoms in total. The van der Waals surface area contributed by atoms with Gasteiger partial charge in [0.25, 0.3) is 0 Å². The lowest BCUT2D eigenvalue weighted by Crippen LogP contribution is -2.48. The number of benzene rings is 4. The Morgan fingerprint density at radius 1 is 0.481 bits per heavy atom. The van der Waals surface area contributed by atoms with Gasteiger partial charge in [0, 0.05) is 5.72 Å². The molecule has 0 radical (unpaired) electrons. The zero-order valence-electron chi connectivity index (χ0n) is 33.2. The third-order valence-electron chi connectivity index (χ3n) is 12.2. The Hall–Kier alpha value is -3.69. The number of hydrogen-bond acceptors (Lipinski definition) is 6. The van der Waals surface area contributed by atoms with E-state index in [9.17, 15) is 0 Å². The topological polar surface area (TPSA) is 55.4 Å². The van der Waals surface area contributed by atoms with Gasteiger partial charge in [-0.1, -0.05) is 145 Å². The summed E-state index contributed by atoms with van der Waals surface area (Å²) in [7, 11) is -1.76. The quantitative estimate of drug-likeness (QED) is 0.120. The first-order chi connectivity index (χ1) is 25.6. The van der Waals surface area contributed by atoms with Gasteiger partial charge in [-0.2, -0.15) is 0 Å². The maximum atomic E-state index is 7.40. The molecular weight excluding hydrogens is 669 g/mol. The van der Waals surface area contributed by atoms with Gasteiger partial charge < -0.3 is 27.9 Å². The van der Waals surface area contributed by atoms with Gasteiger partial charge >= 0.3 is 21.4 Å². The summed E-state index contributed by atoms with van der Waals surface area (Å²) >= 11 is 0. The Morgan fingerprint density at radius 3 is 1.07 bits per heavy atom. The second-order valence-electron chi connectivity index (χ2n) is 16.9. The molecule has 0 unspecified atom stereocenters. The predicted octanol–water partition coefficient (Wildman–Crippen LogP) is 9.93. The summed E-state index contributed by atoms with van der Waals surface area (Å²) in [5.74, 6) is 2.11. The lowest BCUT2D eigenvalue weighted by atomic mass is 9.51. The molecule has 3 saturated heterocycles. The molecule has 4 aromatic rings. The third-order valence-corrected chi connectivity index (χ3v) is 12.2. The monoisotopic (exact) mass is 722 g/mol. The lowest BCUT2D eigenvalue weighted by molar-refractivity contribution is 0.00370. The summed E-state index contributed by atoms with van der Waals surface area (Å²) in [4.78, 5) is 0. The average molecular weight is 722 g/mol. The van der Waals surface area contributed by atoms with Gasteiger partial charge in [-0.3, -0.25) is 0 Å². The SMILES string of the molecule is C/C(=C\B1OC(c2ccccc2)(c2ccccc2)C(c2ccccc2)(c2ccccc2)O1)C/C=C/C(B1OC(C)(C)C(C)(C)O1)B1OC(C)(C)C(C)(C)O1. The third kappa shape index (κ3) is 6.67. The van der Waals surface area contributed by atoms with Crippen LogP contribution in [0.25, 0.3) is 0 Å². The zero-order valence-corrected chi connectivity index (χ0v) is 33.2. The molecule has 0 N–H and O–H groups in total. The second kappa shape index (κ2) is 14.4. The van der Waals surface area contributed by atoms with Crippen LogP contribution in [0.4, 0.5) is 0 Å². The van der Waals surface area contributed by atoms with Crippen molar-refractivity contribution in [3.05, 3.63) is 167 Å². The summed E-state index contributed by atoms with van der Waals surface area (Å²) < 4.78 is 41.1. The van der Waals surface area contributed by atoms with Crippen molar-refractivity contribution < 1.29 is 27.9 Å². The molecule has 0 bridgehead atoms. The highest BCUT2D eigenvalue weighted by Gasteiger charge is 2.65. The minimum Gasteiger partial charge on any atom is -0.403 e. The van der Waals surface area contributed by atoms with Crippen LogP contribution in [-0.2, 0) is 39.1 Å². The van der Waals surface area contributed by atoms with E-state index in [4.69, 9.17) is 27.9 Å². The van der Waals surface area contributed by atoms with Crippen LogP contribution >= 0.6 is 0 Å². The fourth-order valence-electron chi connectivity index (χ4n) is 7.83. The fourth-order valence-corrected chi connectivity index (χ4v) is 7.83. The number of allylic oxidation sites excluding steroid dienone is 3. The van der Waals surface area contributed by atoms with Gasteiger partial charge in [0.05, 0.1) is 22.4 Å². The van der Waals surface area contributed by atoms with E-state index in [2.05, 4.69) is 178 Å². The molecular formula is C45H53B3O6. The van der Waals surface area contributed by atoms with E-state index in [0.29, 0.717) is 6.42 Å². The molecule has 0 atom stereocenters. The summed E-state index contributed by atoms with van der Waals surface area (Å²) in [6.07, 6.45) is 4.94. The van der Waals surface area contributed by atoms with Crippen LogP contribution in [0.2, 0.25) is 5.72 Å². The van der Waals surface area contributed by atoms with Crippen LogP contribution in [0, 0.1) is 0 Å². The van der Waals surface area contributed by atoms with Crippen molar-refractivity contribution in [1.82, 2.24) is 0 Å². The molecule has 3 heterocycles. The van der Waals surface area contributed by atoms with Gasteiger partial charge in [0.15, 0.2) is 0 Å². The largest absolute Gasteiger partial charge is 0.488 e. The maximum absolute atomic E-state index is 7.40. The Kier molecular flexibility index (Phi) is 10.3. The highest BCUT2D eigenvalue weighted by molar-refractivity contribution is 6.69. The van der Waals surface area contributed by atoms with Crippen molar-refractivity contribution in [2.75, 3.05) is 0 Å². The standard InChI is InChI=1S/C45H53B3O6/c1-34(23-22-32-39(47-49-40(2,3)41(4,5)50-47)48-51-42(6,7)43(8,9)52-48)33-46-53-44(35-24-14-10-15-25-35,36-26-16-11-17-27-36)45(54-46,37-28-18-12-19-29-37)38-30-20-13-21-31-38/h10-22,24-33,39H,23H2,1-9H3/b32-22+,34-33+. The summed E-state index contributed by atoms with van der Waals surface area (Å²) in [6.45, 7) is 18.7. The van der Waals surface area contributed by atoms with Gasteiger partial charge in [0.2, 0.25) is 0 Å². The summed E-state index contributed by atoms with van der Waals surface area (Å²) in [5, 5.41) is 0. The minimum atomic E-state index is -1.03. The van der Waals surface area contributed by atoms with Crippen molar-refractivity contribution >= 4 is 21.4 Å². The van der Waals surface area contributed by atoms with Gasteiger partial charge in [-0.05, 0) is 91.0 Å². The number of hydrogen-bond donors (Lipinski definition) is 0. The molecule has 0 spiro atoms. The molecule has 4 aromatic carbocycles. The van der Waals surface area contributed by atoms with Crippen LogP contribution in [-0.4, -0.2) is 43.8 Å². The van der Waals surface area contributed by atoms with Gasteiger partial charge in [0.1, 0.15) is 11.2 Å².